The maximum absolute atomic E-state index is 12.9. The van der Waals surface area contributed by atoms with Crippen LogP contribution in [0, 0.1) is 0 Å². The first-order valence-corrected chi connectivity index (χ1v) is 19.2. The van der Waals surface area contributed by atoms with Gasteiger partial charge in [0.2, 0.25) is 0 Å². The molecule has 9 nitrogen and oxygen atoms in total. The summed E-state index contributed by atoms with van der Waals surface area (Å²) in [4.78, 5) is 22.5. The highest BCUT2D eigenvalue weighted by Crippen LogP contribution is 2.52. The summed E-state index contributed by atoms with van der Waals surface area (Å²) in [6, 6.07) is 0. The molecule has 0 saturated carbocycles. The van der Waals surface area contributed by atoms with E-state index in [0.29, 0.717) is 6.42 Å². The average Bonchev–Trinajstić information content (AvgIpc) is 2.97. The van der Waals surface area contributed by atoms with Crippen LogP contribution in [0.25, 0.3) is 0 Å². The SMILES string of the molecule is CCCCCCCCCCCC/C=C\CCCCCCCCC(=O)OC[C@@H](O)COP(=O)(O)C(CC)[N+](C)(C)CCC(O)O. The third-order valence-electron chi connectivity index (χ3n) is 8.29. The van der Waals surface area contributed by atoms with Crippen LogP contribution in [0.4, 0.5) is 0 Å². The molecule has 0 amide bonds. The van der Waals surface area contributed by atoms with Gasteiger partial charge in [-0.1, -0.05) is 109 Å². The average molecular weight is 651 g/mol. The minimum atomic E-state index is -4.13. The van der Waals surface area contributed by atoms with Gasteiger partial charge >= 0.3 is 13.6 Å². The minimum absolute atomic E-state index is 0.0548. The highest BCUT2D eigenvalue weighted by molar-refractivity contribution is 7.53. The number of quaternary nitrogens is 1. The van der Waals surface area contributed by atoms with E-state index in [4.69, 9.17) is 19.5 Å². The third-order valence-corrected chi connectivity index (χ3v) is 10.6. The van der Waals surface area contributed by atoms with Crippen molar-refractivity contribution in [1.29, 1.82) is 0 Å². The van der Waals surface area contributed by atoms with Crippen LogP contribution in [0.2, 0.25) is 0 Å². The van der Waals surface area contributed by atoms with E-state index in [2.05, 4.69) is 19.1 Å². The predicted octanol–water partition coefficient (Wildman–Crippen LogP) is 7.59. The van der Waals surface area contributed by atoms with Crippen molar-refractivity contribution in [2.45, 2.75) is 167 Å². The van der Waals surface area contributed by atoms with Gasteiger partial charge in [-0.15, -0.1) is 0 Å². The van der Waals surface area contributed by atoms with Crippen LogP contribution in [-0.2, 0) is 18.6 Å². The van der Waals surface area contributed by atoms with E-state index in [1.165, 1.54) is 83.5 Å². The molecule has 0 bridgehead atoms. The second-order valence-electron chi connectivity index (χ2n) is 13.0. The molecule has 0 aromatic heterocycles. The molecule has 0 spiro atoms. The van der Waals surface area contributed by atoms with Crippen molar-refractivity contribution < 1.29 is 43.3 Å². The number of unbranched alkanes of at least 4 members (excludes halogenated alkanes) is 16. The lowest BCUT2D eigenvalue weighted by molar-refractivity contribution is -0.903. The first-order chi connectivity index (χ1) is 21.0. The van der Waals surface area contributed by atoms with Gasteiger partial charge < -0.3 is 34.0 Å². The highest BCUT2D eigenvalue weighted by atomic mass is 31.2. The van der Waals surface area contributed by atoms with E-state index < -0.39 is 38.3 Å². The van der Waals surface area contributed by atoms with Gasteiger partial charge in [-0.2, -0.15) is 0 Å². The van der Waals surface area contributed by atoms with Crippen molar-refractivity contribution >= 4 is 13.6 Å². The Kier molecular flexibility index (Phi) is 26.8. The molecule has 0 aliphatic carbocycles. The van der Waals surface area contributed by atoms with Gasteiger partial charge in [0.05, 0.1) is 27.2 Å². The Morgan fingerprint density at radius 1 is 0.750 bits per heavy atom. The van der Waals surface area contributed by atoms with Crippen LogP contribution < -0.4 is 0 Å². The summed E-state index contributed by atoms with van der Waals surface area (Å²) in [6.45, 7) is 3.55. The summed E-state index contributed by atoms with van der Waals surface area (Å²) in [5, 5.41) is 28.4. The second-order valence-corrected chi connectivity index (χ2v) is 14.9. The van der Waals surface area contributed by atoms with Crippen molar-refractivity contribution in [2.24, 2.45) is 0 Å². The van der Waals surface area contributed by atoms with Crippen molar-refractivity contribution in [3.8, 4) is 0 Å². The number of allylic oxidation sites excluding steroid dienone is 2. The third kappa shape index (κ3) is 24.4. The summed E-state index contributed by atoms with van der Waals surface area (Å²) in [5.41, 5.74) is 0. The zero-order valence-corrected chi connectivity index (χ0v) is 29.6. The Morgan fingerprint density at radius 3 is 1.70 bits per heavy atom. The van der Waals surface area contributed by atoms with Gasteiger partial charge in [-0.25, -0.2) is 0 Å². The normalized spacial score (nSPS) is 15.1. The molecule has 0 fully saturated rings. The van der Waals surface area contributed by atoms with Crippen molar-refractivity contribution in [3.05, 3.63) is 12.2 Å². The van der Waals surface area contributed by atoms with Gasteiger partial charge in [-0.3, -0.25) is 9.36 Å². The van der Waals surface area contributed by atoms with E-state index in [1.807, 2.05) is 0 Å². The summed E-state index contributed by atoms with van der Waals surface area (Å²) in [6.07, 6.45) is 25.1. The molecule has 3 atom stereocenters. The Balaban J connectivity index is 3.78. The number of nitrogens with zero attached hydrogens (tertiary/aromatic N) is 1. The fraction of sp³-hybridized carbons (Fsp3) is 0.912. The summed E-state index contributed by atoms with van der Waals surface area (Å²) >= 11 is 0. The van der Waals surface area contributed by atoms with Crippen molar-refractivity contribution in [1.82, 2.24) is 0 Å². The summed E-state index contributed by atoms with van der Waals surface area (Å²) in [5.74, 6) is -1.19. The maximum atomic E-state index is 12.9. The quantitative estimate of drug-likeness (QED) is 0.0151. The number of hydrogen-bond acceptors (Lipinski definition) is 7. The van der Waals surface area contributed by atoms with Crippen LogP contribution in [0.1, 0.15) is 149 Å². The van der Waals surface area contributed by atoms with Crippen LogP contribution in [0.3, 0.4) is 0 Å². The summed E-state index contributed by atoms with van der Waals surface area (Å²) in [7, 11) is -0.688. The van der Waals surface area contributed by atoms with Crippen LogP contribution in [0.5, 0.6) is 0 Å². The molecule has 10 heteroatoms. The number of carbonyl (C=O) groups is 1. The number of rotatable bonds is 31. The lowest BCUT2D eigenvalue weighted by Gasteiger charge is -2.39. The van der Waals surface area contributed by atoms with Crippen LogP contribution >= 0.6 is 7.60 Å². The number of ether oxygens (including phenoxy) is 1. The van der Waals surface area contributed by atoms with Gasteiger partial charge in [0.25, 0.3) is 0 Å². The van der Waals surface area contributed by atoms with Crippen LogP contribution in [-0.4, -0.2) is 82.7 Å². The zero-order chi connectivity index (χ0) is 33.1. The molecule has 0 aromatic carbocycles. The lowest BCUT2D eigenvalue weighted by Crippen LogP contribution is -2.50. The molecule has 0 saturated heterocycles. The van der Waals surface area contributed by atoms with E-state index >= 15 is 0 Å². The molecule has 0 heterocycles. The van der Waals surface area contributed by atoms with Crippen molar-refractivity contribution in [2.75, 3.05) is 33.9 Å². The standard InChI is InChI=1S/C34H68NO8P/c1-5-7-8-9-10-11-12-13-14-15-16-17-18-19-20-21-22-23-24-25-26-34(39)42-29-31(36)30-43-44(40,41)32(6-2)35(3,4)28-27-33(37)38/h17-18,31-33,36-38H,5-16,19-30H2,1-4H3/p+1/b18-17-/t31-,32?/m1/s1. The molecule has 2 unspecified atom stereocenters. The number of aliphatic hydroxyl groups excluding tert-OH is 2. The molecule has 0 aromatic rings. The molecule has 0 rings (SSSR count). The van der Waals surface area contributed by atoms with E-state index in [9.17, 15) is 19.4 Å². The Morgan fingerprint density at radius 2 is 1.23 bits per heavy atom. The van der Waals surface area contributed by atoms with Crippen molar-refractivity contribution in [3.63, 3.8) is 0 Å². The Labute approximate surface area is 269 Å². The monoisotopic (exact) mass is 650 g/mol. The molecule has 4 N–H and O–H groups in total. The Bertz CT molecular complexity index is 762. The van der Waals surface area contributed by atoms with E-state index in [-0.39, 0.29) is 30.5 Å². The highest BCUT2D eigenvalue weighted by Gasteiger charge is 2.43. The summed E-state index contributed by atoms with van der Waals surface area (Å²) < 4.78 is 23.2. The Hall–Kier alpha value is -0.800. The molecule has 0 aliphatic heterocycles. The first kappa shape index (κ1) is 43.2. The lowest BCUT2D eigenvalue weighted by atomic mass is 10.1. The largest absolute Gasteiger partial charge is 0.463 e. The molecular formula is C34H69NO8P+. The van der Waals surface area contributed by atoms with Gasteiger partial charge in [0, 0.05) is 19.3 Å². The second kappa shape index (κ2) is 27.3. The molecule has 0 aliphatic rings. The van der Waals surface area contributed by atoms with E-state index in [1.54, 1.807) is 21.0 Å². The van der Waals surface area contributed by atoms with E-state index in [0.717, 1.165) is 32.1 Å². The zero-order valence-electron chi connectivity index (χ0n) is 28.7. The number of esters is 1. The molecular weight excluding hydrogens is 581 g/mol. The topological polar surface area (TPSA) is 134 Å². The molecule has 262 valence electrons. The molecule has 44 heavy (non-hydrogen) atoms. The van der Waals surface area contributed by atoms with Gasteiger partial charge in [0.15, 0.2) is 12.1 Å². The van der Waals surface area contributed by atoms with Crippen LogP contribution in [0.15, 0.2) is 12.2 Å². The first-order valence-electron chi connectivity index (χ1n) is 17.6. The minimum Gasteiger partial charge on any atom is -0.463 e. The number of hydrogen-bond donors (Lipinski definition) is 4. The number of aliphatic hydroxyl groups is 3. The number of carbonyl (C=O) groups excluding carboxylic acids is 1. The predicted molar refractivity (Wildman–Crippen MR) is 179 cm³/mol. The molecule has 0 radical (unpaired) electrons. The fourth-order valence-corrected chi connectivity index (χ4v) is 7.45. The smallest absolute Gasteiger partial charge is 0.385 e. The van der Waals surface area contributed by atoms with Gasteiger partial charge in [-0.05, 0) is 32.1 Å². The maximum Gasteiger partial charge on any atom is 0.385 e. The fourth-order valence-electron chi connectivity index (χ4n) is 5.53. The van der Waals surface area contributed by atoms with Gasteiger partial charge in [0.1, 0.15) is 12.7 Å².